The molecule has 0 aliphatic rings. The van der Waals surface area contributed by atoms with Gasteiger partial charge in [-0.2, -0.15) is 13.2 Å². The van der Waals surface area contributed by atoms with Gasteiger partial charge in [-0.15, -0.1) is 0 Å². The van der Waals surface area contributed by atoms with Crippen molar-refractivity contribution in [1.29, 1.82) is 0 Å². The Hall–Kier alpha value is -3.03. The fraction of sp³-hybridized carbons (Fsp3) is 0.125. The predicted octanol–water partition coefficient (Wildman–Crippen LogP) is 3.45. The topological polar surface area (TPSA) is 67.4 Å². The molecule has 126 valence electrons. The third kappa shape index (κ3) is 4.48. The van der Waals surface area contributed by atoms with Crippen molar-refractivity contribution < 1.29 is 27.5 Å². The molecule has 2 amide bonds. The summed E-state index contributed by atoms with van der Waals surface area (Å²) in [5.74, 6) is -1.94. The van der Waals surface area contributed by atoms with E-state index < -0.39 is 18.0 Å². The Bertz CT molecular complexity index is 743. The molecular weight excluding hydrogens is 325 g/mol. The van der Waals surface area contributed by atoms with Crippen molar-refractivity contribution in [3.8, 4) is 5.75 Å². The van der Waals surface area contributed by atoms with Crippen molar-refractivity contribution in [2.45, 2.75) is 6.18 Å². The maximum atomic E-state index is 12.2. The Labute approximate surface area is 135 Å². The van der Waals surface area contributed by atoms with Gasteiger partial charge >= 0.3 is 12.1 Å². The first-order valence-corrected chi connectivity index (χ1v) is 6.73. The Morgan fingerprint density at radius 1 is 0.958 bits per heavy atom. The maximum absolute atomic E-state index is 12.2. The van der Waals surface area contributed by atoms with Gasteiger partial charge in [0.1, 0.15) is 5.75 Å². The van der Waals surface area contributed by atoms with Crippen LogP contribution in [-0.4, -0.2) is 25.1 Å². The maximum Gasteiger partial charge on any atom is 0.471 e. The van der Waals surface area contributed by atoms with Gasteiger partial charge in [-0.1, -0.05) is 6.07 Å². The van der Waals surface area contributed by atoms with Crippen LogP contribution in [-0.2, 0) is 4.79 Å². The van der Waals surface area contributed by atoms with Crippen molar-refractivity contribution in [1.82, 2.24) is 0 Å². The molecule has 5 nitrogen and oxygen atoms in total. The number of nitrogens with one attached hydrogen (secondary N) is 2. The van der Waals surface area contributed by atoms with E-state index in [2.05, 4.69) is 5.32 Å². The lowest BCUT2D eigenvalue weighted by Gasteiger charge is -2.10. The minimum absolute atomic E-state index is 0.0788. The number of ether oxygens (including phenoxy) is 1. The second kappa shape index (κ2) is 7.03. The molecule has 0 spiro atoms. The number of hydrogen-bond acceptors (Lipinski definition) is 3. The molecule has 0 saturated carbocycles. The number of hydrogen-bond donors (Lipinski definition) is 2. The standard InChI is InChI=1S/C16H13F3N2O3/c1-24-13-7-5-10(6-8-13)14(22)20-11-3-2-4-12(9-11)21-15(23)16(17,18)19/h2-9H,1H3,(H,20,22)(H,21,23). The summed E-state index contributed by atoms with van der Waals surface area (Å²) in [6.45, 7) is 0. The average molecular weight is 338 g/mol. The number of methoxy groups -OCH3 is 1. The van der Waals surface area contributed by atoms with Crippen LogP contribution in [0.2, 0.25) is 0 Å². The average Bonchev–Trinajstić information content (AvgIpc) is 2.54. The Kier molecular flexibility index (Phi) is 5.08. The highest BCUT2D eigenvalue weighted by Crippen LogP contribution is 2.21. The van der Waals surface area contributed by atoms with Crippen LogP contribution in [0.4, 0.5) is 24.5 Å². The highest BCUT2D eigenvalue weighted by molar-refractivity contribution is 6.04. The molecule has 24 heavy (non-hydrogen) atoms. The van der Waals surface area contributed by atoms with E-state index in [1.54, 1.807) is 29.6 Å². The van der Waals surface area contributed by atoms with Gasteiger partial charge in [0.05, 0.1) is 7.11 Å². The molecule has 0 radical (unpaired) electrons. The highest BCUT2D eigenvalue weighted by Gasteiger charge is 2.38. The summed E-state index contributed by atoms with van der Waals surface area (Å²) < 4.78 is 41.7. The molecule has 0 heterocycles. The van der Waals surface area contributed by atoms with E-state index in [0.29, 0.717) is 11.3 Å². The van der Waals surface area contributed by atoms with Crippen molar-refractivity contribution in [3.63, 3.8) is 0 Å². The number of anilines is 2. The lowest BCUT2D eigenvalue weighted by atomic mass is 10.2. The van der Waals surface area contributed by atoms with E-state index in [1.807, 2.05) is 0 Å². The van der Waals surface area contributed by atoms with Gasteiger partial charge in [0.15, 0.2) is 0 Å². The van der Waals surface area contributed by atoms with Crippen molar-refractivity contribution in [2.75, 3.05) is 17.7 Å². The molecule has 2 N–H and O–H groups in total. The predicted molar refractivity (Wildman–Crippen MR) is 82.1 cm³/mol. The Morgan fingerprint density at radius 2 is 1.54 bits per heavy atom. The minimum Gasteiger partial charge on any atom is -0.497 e. The lowest BCUT2D eigenvalue weighted by Crippen LogP contribution is -2.29. The number of carbonyl (C=O) groups excluding carboxylic acids is 2. The van der Waals surface area contributed by atoms with Crippen LogP contribution in [0.5, 0.6) is 5.75 Å². The second-order valence-corrected chi connectivity index (χ2v) is 4.72. The van der Waals surface area contributed by atoms with Crippen LogP contribution in [0.1, 0.15) is 10.4 Å². The summed E-state index contributed by atoms with van der Waals surface area (Å²) in [4.78, 5) is 23.0. The van der Waals surface area contributed by atoms with Crippen molar-refractivity contribution >= 4 is 23.2 Å². The molecule has 0 fully saturated rings. The second-order valence-electron chi connectivity index (χ2n) is 4.72. The van der Waals surface area contributed by atoms with E-state index in [-0.39, 0.29) is 11.4 Å². The van der Waals surface area contributed by atoms with E-state index >= 15 is 0 Å². The van der Waals surface area contributed by atoms with Gasteiger partial charge in [-0.25, -0.2) is 0 Å². The molecular formula is C16H13F3N2O3. The molecule has 2 rings (SSSR count). The summed E-state index contributed by atoms with van der Waals surface area (Å²) >= 11 is 0. The number of carbonyl (C=O) groups is 2. The van der Waals surface area contributed by atoms with Crippen LogP contribution < -0.4 is 15.4 Å². The number of benzene rings is 2. The van der Waals surface area contributed by atoms with Crippen LogP contribution in [0.3, 0.4) is 0 Å². The Balaban J connectivity index is 2.08. The van der Waals surface area contributed by atoms with Crippen LogP contribution >= 0.6 is 0 Å². The molecule has 0 aliphatic carbocycles. The summed E-state index contributed by atoms with van der Waals surface area (Å²) in [6, 6.07) is 11.7. The molecule has 2 aromatic carbocycles. The van der Waals surface area contributed by atoms with Gasteiger partial charge < -0.3 is 15.4 Å². The quantitative estimate of drug-likeness (QED) is 0.897. The van der Waals surface area contributed by atoms with Gasteiger partial charge in [0, 0.05) is 16.9 Å². The van der Waals surface area contributed by atoms with Gasteiger partial charge in [0.25, 0.3) is 5.91 Å². The Morgan fingerprint density at radius 3 is 2.08 bits per heavy atom. The first-order chi connectivity index (χ1) is 11.3. The molecule has 0 saturated heterocycles. The first kappa shape index (κ1) is 17.3. The third-order valence-corrected chi connectivity index (χ3v) is 2.99. The number of amides is 2. The first-order valence-electron chi connectivity index (χ1n) is 6.73. The molecule has 0 aromatic heterocycles. The number of halogens is 3. The van der Waals surface area contributed by atoms with E-state index in [1.165, 1.54) is 31.4 Å². The van der Waals surface area contributed by atoms with E-state index in [9.17, 15) is 22.8 Å². The van der Waals surface area contributed by atoms with Crippen LogP contribution in [0.15, 0.2) is 48.5 Å². The number of alkyl halides is 3. The fourth-order valence-corrected chi connectivity index (χ4v) is 1.82. The van der Waals surface area contributed by atoms with Crippen molar-refractivity contribution in [3.05, 3.63) is 54.1 Å². The zero-order valence-electron chi connectivity index (χ0n) is 12.5. The number of rotatable bonds is 4. The fourth-order valence-electron chi connectivity index (χ4n) is 1.82. The van der Waals surface area contributed by atoms with Gasteiger partial charge in [-0.05, 0) is 42.5 Å². The SMILES string of the molecule is COc1ccc(C(=O)Nc2cccc(NC(=O)C(F)(F)F)c2)cc1. The minimum atomic E-state index is -4.98. The zero-order valence-corrected chi connectivity index (χ0v) is 12.5. The van der Waals surface area contributed by atoms with Gasteiger partial charge in [0.2, 0.25) is 0 Å². The van der Waals surface area contributed by atoms with E-state index in [4.69, 9.17) is 4.74 Å². The molecule has 0 atom stereocenters. The molecule has 0 aliphatic heterocycles. The zero-order chi connectivity index (χ0) is 17.7. The summed E-state index contributed by atoms with van der Waals surface area (Å²) in [7, 11) is 1.50. The molecule has 0 unspecified atom stereocenters. The highest BCUT2D eigenvalue weighted by atomic mass is 19.4. The largest absolute Gasteiger partial charge is 0.497 e. The normalized spacial score (nSPS) is 10.8. The summed E-state index contributed by atoms with van der Waals surface area (Å²) in [5, 5.41) is 4.25. The smallest absolute Gasteiger partial charge is 0.471 e. The molecule has 0 bridgehead atoms. The summed E-state index contributed by atoms with van der Waals surface area (Å²) in [6.07, 6.45) is -4.98. The molecule has 8 heteroatoms. The lowest BCUT2D eigenvalue weighted by molar-refractivity contribution is -0.167. The summed E-state index contributed by atoms with van der Waals surface area (Å²) in [5.41, 5.74) is 0.515. The van der Waals surface area contributed by atoms with Crippen molar-refractivity contribution in [2.24, 2.45) is 0 Å². The van der Waals surface area contributed by atoms with Gasteiger partial charge in [-0.3, -0.25) is 9.59 Å². The third-order valence-electron chi connectivity index (χ3n) is 2.99. The monoisotopic (exact) mass is 338 g/mol. The van der Waals surface area contributed by atoms with E-state index in [0.717, 1.165) is 0 Å². The van der Waals surface area contributed by atoms with Crippen LogP contribution in [0.25, 0.3) is 0 Å². The molecule has 2 aromatic rings. The van der Waals surface area contributed by atoms with Crippen LogP contribution in [0, 0.1) is 0 Å².